The van der Waals surface area contributed by atoms with Gasteiger partial charge in [0.05, 0.1) is 11.8 Å². The lowest BCUT2D eigenvalue weighted by Gasteiger charge is -2.42. The number of benzene rings is 2. The van der Waals surface area contributed by atoms with Gasteiger partial charge in [-0.1, -0.05) is 47.6 Å². The third-order valence-electron chi connectivity index (χ3n) is 7.98. The van der Waals surface area contributed by atoms with E-state index in [1.165, 1.54) is 16.8 Å². The third kappa shape index (κ3) is 5.06. The fraction of sp³-hybridized carbons (Fsp3) is 0.290. The first-order valence-corrected chi connectivity index (χ1v) is 13.7. The first-order valence-electron chi connectivity index (χ1n) is 13.7. The number of nitrogens with zero attached hydrogens (tertiary/aromatic N) is 3. The Labute approximate surface area is 244 Å². The van der Waals surface area contributed by atoms with Crippen LogP contribution in [0.4, 0.5) is 13.2 Å². The van der Waals surface area contributed by atoms with Gasteiger partial charge >= 0.3 is 0 Å². The predicted molar refractivity (Wildman–Crippen MR) is 150 cm³/mol. The van der Waals surface area contributed by atoms with Gasteiger partial charge in [-0.2, -0.15) is 0 Å². The molecule has 6 rings (SSSR count). The summed E-state index contributed by atoms with van der Waals surface area (Å²) in [6.07, 6.45) is 4.87. The molecule has 9 nitrogen and oxygen atoms in total. The van der Waals surface area contributed by atoms with E-state index in [2.05, 4.69) is 10.5 Å². The summed E-state index contributed by atoms with van der Waals surface area (Å²) in [5.74, 6) is -3.31. The topological polar surface area (TPSA) is 102 Å². The number of halogens is 3. The highest BCUT2D eigenvalue weighted by Crippen LogP contribution is 2.43. The van der Waals surface area contributed by atoms with Crippen molar-refractivity contribution >= 4 is 17.5 Å². The molecule has 43 heavy (non-hydrogen) atoms. The first-order chi connectivity index (χ1) is 20.7. The molecule has 12 heteroatoms. The van der Waals surface area contributed by atoms with Crippen molar-refractivity contribution in [2.24, 2.45) is 5.16 Å². The monoisotopic (exact) mass is 592 g/mol. The normalized spacial score (nSPS) is 22.1. The molecule has 3 atom stereocenters. The smallest absolute Gasteiger partial charge is 0.275 e. The number of rotatable bonds is 7. The lowest BCUT2D eigenvalue weighted by atomic mass is 9.87. The number of nitrogens with one attached hydrogen (secondary N) is 1. The van der Waals surface area contributed by atoms with Gasteiger partial charge in [0.15, 0.2) is 17.0 Å². The summed E-state index contributed by atoms with van der Waals surface area (Å²) in [5, 5.41) is 6.43. The van der Waals surface area contributed by atoms with Crippen molar-refractivity contribution in [1.82, 2.24) is 14.8 Å². The highest BCUT2D eigenvalue weighted by molar-refractivity contribution is 5.99. The van der Waals surface area contributed by atoms with Crippen molar-refractivity contribution in [2.75, 3.05) is 13.2 Å². The fourth-order valence-electron chi connectivity index (χ4n) is 5.65. The predicted octanol–water partition coefficient (Wildman–Crippen LogP) is 4.08. The number of hydrogen-bond acceptors (Lipinski definition) is 6. The second-order valence-corrected chi connectivity index (χ2v) is 10.7. The van der Waals surface area contributed by atoms with Crippen molar-refractivity contribution in [3.63, 3.8) is 0 Å². The summed E-state index contributed by atoms with van der Waals surface area (Å²) in [6.45, 7) is 0.709. The van der Waals surface area contributed by atoms with Crippen molar-refractivity contribution in [2.45, 2.75) is 44.2 Å². The molecular weight excluding hydrogens is 565 g/mol. The molecule has 1 spiro atoms. The lowest BCUT2D eigenvalue weighted by molar-refractivity contribution is -0.0317. The van der Waals surface area contributed by atoms with Gasteiger partial charge in [0.25, 0.3) is 11.8 Å². The standard InChI is InChI=1S/C31H27F3N4O5/c1-18-9-10-31(12-22(13-32)36-43-31)25-16-37(18)30(41)26-28(42-17-19-5-3-2-4-6-19)27(39)23(15-38(25)26)29(40)35-14-20-7-8-21(33)11-24(20)34/h2-11,15,18,25H,12-14,16-17H2,1H3,(H,35,40)/t18-,25+,31-/m0/s1. The molecular formula is C31H27F3N4O5. The molecule has 0 radical (unpaired) electrons. The number of aromatic nitrogens is 1. The van der Waals surface area contributed by atoms with Crippen LogP contribution in [0.25, 0.3) is 0 Å². The molecule has 3 aliphatic rings. The van der Waals surface area contributed by atoms with Crippen LogP contribution in [0.15, 0.2) is 76.8 Å². The zero-order chi connectivity index (χ0) is 30.3. The van der Waals surface area contributed by atoms with E-state index in [9.17, 15) is 27.6 Å². The van der Waals surface area contributed by atoms with E-state index < -0.39 is 53.2 Å². The number of oxime groups is 1. The largest absolute Gasteiger partial charge is 0.483 e. The highest BCUT2D eigenvalue weighted by Gasteiger charge is 2.52. The summed E-state index contributed by atoms with van der Waals surface area (Å²) in [7, 11) is 0. The van der Waals surface area contributed by atoms with E-state index in [4.69, 9.17) is 9.57 Å². The molecule has 222 valence electrons. The maximum Gasteiger partial charge on any atom is 0.275 e. The van der Waals surface area contributed by atoms with Gasteiger partial charge in [0.2, 0.25) is 5.43 Å². The minimum Gasteiger partial charge on any atom is -0.483 e. The quantitative estimate of drug-likeness (QED) is 0.417. The molecule has 2 amide bonds. The number of carbonyl (C=O) groups is 2. The number of fused-ring (bicyclic) bond motifs is 5. The van der Waals surface area contributed by atoms with Crippen LogP contribution in [-0.2, 0) is 18.0 Å². The maximum atomic E-state index is 14.2. The van der Waals surface area contributed by atoms with Crippen LogP contribution >= 0.6 is 0 Å². The van der Waals surface area contributed by atoms with Crippen molar-refractivity contribution < 1.29 is 32.3 Å². The average molecular weight is 593 g/mol. The average Bonchev–Trinajstić information content (AvgIpc) is 3.38. The maximum absolute atomic E-state index is 14.2. The molecule has 4 heterocycles. The van der Waals surface area contributed by atoms with Crippen LogP contribution in [0.3, 0.4) is 0 Å². The van der Waals surface area contributed by atoms with E-state index in [1.54, 1.807) is 41.3 Å². The van der Waals surface area contributed by atoms with E-state index >= 15 is 0 Å². The molecule has 3 aromatic rings. The zero-order valence-electron chi connectivity index (χ0n) is 23.1. The number of alkyl halides is 1. The minimum absolute atomic E-state index is 0.0104. The van der Waals surface area contributed by atoms with Gasteiger partial charge in [0, 0.05) is 43.4 Å². The third-order valence-corrected chi connectivity index (χ3v) is 7.98. The number of hydrogen-bond donors (Lipinski definition) is 1. The summed E-state index contributed by atoms with van der Waals surface area (Å²) in [5.41, 5.74) is -1.56. The van der Waals surface area contributed by atoms with Crippen LogP contribution < -0.4 is 15.5 Å². The number of amides is 2. The Morgan fingerprint density at radius 1 is 1.19 bits per heavy atom. The van der Waals surface area contributed by atoms with E-state index in [0.29, 0.717) is 6.07 Å². The molecule has 2 bridgehead atoms. The van der Waals surface area contributed by atoms with Crippen LogP contribution in [-0.4, -0.2) is 51.9 Å². The molecule has 2 aromatic carbocycles. The number of ether oxygens (including phenoxy) is 1. The van der Waals surface area contributed by atoms with E-state index in [0.717, 1.165) is 11.6 Å². The Bertz CT molecular complexity index is 1720. The highest BCUT2D eigenvalue weighted by atomic mass is 19.1. The van der Waals surface area contributed by atoms with Crippen LogP contribution in [0.1, 0.15) is 51.4 Å². The molecule has 1 N–H and O–H groups in total. The van der Waals surface area contributed by atoms with Gasteiger partial charge in [-0.3, -0.25) is 14.4 Å². The Hall–Kier alpha value is -4.87. The van der Waals surface area contributed by atoms with Crippen molar-refractivity contribution in [3.8, 4) is 5.75 Å². The minimum atomic E-state index is -1.20. The Kier molecular flexibility index (Phi) is 7.28. The molecule has 0 fully saturated rings. The molecule has 1 aromatic heterocycles. The zero-order valence-corrected chi connectivity index (χ0v) is 23.1. The Balaban J connectivity index is 1.45. The summed E-state index contributed by atoms with van der Waals surface area (Å²) in [4.78, 5) is 48.6. The molecule has 3 aliphatic heterocycles. The van der Waals surface area contributed by atoms with Gasteiger partial charge in [-0.25, -0.2) is 13.2 Å². The Morgan fingerprint density at radius 2 is 1.98 bits per heavy atom. The number of carbonyl (C=O) groups excluding carboxylic acids is 2. The van der Waals surface area contributed by atoms with Crippen LogP contribution in [0, 0.1) is 11.6 Å². The molecule has 0 saturated carbocycles. The van der Waals surface area contributed by atoms with Crippen molar-refractivity contribution in [3.05, 3.63) is 111 Å². The van der Waals surface area contributed by atoms with Crippen LogP contribution in [0.5, 0.6) is 5.75 Å². The van der Waals surface area contributed by atoms with Crippen molar-refractivity contribution in [1.29, 1.82) is 0 Å². The SMILES string of the molecule is C[C@H]1C=C[C@]2(CC(CF)=NO2)[C@H]2CN1C(=O)c1c(OCc3ccccc3)c(=O)c(C(=O)NCc3ccc(F)cc3F)cn12. The second kappa shape index (κ2) is 11.1. The lowest BCUT2D eigenvalue weighted by Crippen LogP contribution is -2.53. The van der Waals surface area contributed by atoms with Crippen LogP contribution in [0.2, 0.25) is 0 Å². The van der Waals surface area contributed by atoms with Gasteiger partial charge in [-0.05, 0) is 24.6 Å². The summed E-state index contributed by atoms with van der Waals surface area (Å²) >= 11 is 0. The fourth-order valence-corrected chi connectivity index (χ4v) is 5.65. The molecule has 0 aliphatic carbocycles. The van der Waals surface area contributed by atoms with E-state index in [1.807, 2.05) is 13.0 Å². The second-order valence-electron chi connectivity index (χ2n) is 10.7. The summed E-state index contributed by atoms with van der Waals surface area (Å²) < 4.78 is 48.7. The number of pyridine rings is 1. The van der Waals surface area contributed by atoms with Gasteiger partial charge < -0.3 is 24.4 Å². The molecule has 0 unspecified atom stereocenters. The Morgan fingerprint density at radius 3 is 2.70 bits per heavy atom. The summed E-state index contributed by atoms with van der Waals surface area (Å²) in [6, 6.07) is 10.8. The van der Waals surface area contributed by atoms with E-state index in [-0.39, 0.29) is 54.4 Å². The first kappa shape index (κ1) is 28.3. The van der Waals surface area contributed by atoms with Gasteiger partial charge in [-0.15, -0.1) is 0 Å². The molecule has 0 saturated heterocycles. The van der Waals surface area contributed by atoms with Gasteiger partial charge in [0.1, 0.15) is 30.5 Å².